The lowest BCUT2D eigenvalue weighted by molar-refractivity contribution is 0.246. The number of nitrogens with zero attached hydrogens (tertiary/aromatic N) is 4. The van der Waals surface area contributed by atoms with Crippen molar-refractivity contribution in [1.29, 1.82) is 0 Å². The molecule has 3 aromatic heterocycles. The third-order valence-corrected chi connectivity index (χ3v) is 5.30. The number of ether oxygens (including phenoxy) is 1. The van der Waals surface area contributed by atoms with Crippen LogP contribution in [0.5, 0.6) is 6.01 Å². The van der Waals surface area contributed by atoms with Gasteiger partial charge in [-0.25, -0.2) is 0 Å². The first-order valence-corrected chi connectivity index (χ1v) is 10.3. The van der Waals surface area contributed by atoms with E-state index in [0.29, 0.717) is 19.2 Å². The summed E-state index contributed by atoms with van der Waals surface area (Å²) < 4.78 is 5.82. The Morgan fingerprint density at radius 1 is 1.03 bits per heavy atom. The van der Waals surface area contributed by atoms with Crippen LogP contribution in [0.25, 0.3) is 21.3 Å². The van der Waals surface area contributed by atoms with Gasteiger partial charge in [-0.3, -0.25) is 4.98 Å². The fourth-order valence-electron chi connectivity index (χ4n) is 2.94. The molecule has 0 unspecified atom stereocenters. The largest absolute Gasteiger partial charge is 0.462 e. The fourth-order valence-corrected chi connectivity index (χ4v) is 3.88. The van der Waals surface area contributed by atoms with Crippen LogP contribution >= 0.6 is 11.3 Å². The summed E-state index contributed by atoms with van der Waals surface area (Å²) in [7, 11) is 4.03. The molecular weight excluding hydrogens is 382 g/mol. The maximum Gasteiger partial charge on any atom is 0.319 e. The summed E-state index contributed by atoms with van der Waals surface area (Å²) in [6.07, 6.45) is 1.79. The molecule has 148 valence electrons. The Morgan fingerprint density at radius 2 is 1.86 bits per heavy atom. The third kappa shape index (κ3) is 4.70. The van der Waals surface area contributed by atoms with Gasteiger partial charge in [0.1, 0.15) is 17.3 Å². The summed E-state index contributed by atoms with van der Waals surface area (Å²) in [5, 5.41) is 6.58. The molecule has 29 heavy (non-hydrogen) atoms. The van der Waals surface area contributed by atoms with Gasteiger partial charge in [-0.1, -0.05) is 36.4 Å². The van der Waals surface area contributed by atoms with E-state index in [9.17, 15) is 0 Å². The van der Waals surface area contributed by atoms with E-state index in [-0.39, 0.29) is 0 Å². The highest BCUT2D eigenvalue weighted by Gasteiger charge is 2.16. The number of pyridine rings is 1. The molecule has 0 spiro atoms. The number of rotatable bonds is 8. The zero-order valence-electron chi connectivity index (χ0n) is 16.5. The minimum Gasteiger partial charge on any atom is -0.462 e. The second-order valence-electron chi connectivity index (χ2n) is 6.88. The van der Waals surface area contributed by atoms with Gasteiger partial charge in [0, 0.05) is 23.7 Å². The van der Waals surface area contributed by atoms with Crippen LogP contribution in [0.3, 0.4) is 0 Å². The van der Waals surface area contributed by atoms with E-state index >= 15 is 0 Å². The Hall–Kier alpha value is -3.03. The first-order valence-electron chi connectivity index (χ1n) is 9.46. The summed E-state index contributed by atoms with van der Waals surface area (Å²) in [6, 6.07) is 16.6. The highest BCUT2D eigenvalue weighted by atomic mass is 32.1. The van der Waals surface area contributed by atoms with Gasteiger partial charge in [0.15, 0.2) is 0 Å². The molecule has 7 heteroatoms. The van der Waals surface area contributed by atoms with Gasteiger partial charge in [-0.15, -0.1) is 11.3 Å². The van der Waals surface area contributed by atoms with Crippen LogP contribution in [0.1, 0.15) is 5.69 Å². The molecule has 0 saturated carbocycles. The van der Waals surface area contributed by atoms with Gasteiger partial charge in [-0.05, 0) is 31.8 Å². The number of likely N-dealkylation sites (N-methyl/N-ethyl adjacent to an activating group) is 1. The van der Waals surface area contributed by atoms with Crippen molar-refractivity contribution in [3.63, 3.8) is 0 Å². The van der Waals surface area contributed by atoms with Crippen LogP contribution < -0.4 is 10.1 Å². The molecule has 0 aliphatic rings. The number of hydrogen-bond donors (Lipinski definition) is 1. The van der Waals surface area contributed by atoms with E-state index in [4.69, 9.17) is 4.74 Å². The molecule has 0 atom stereocenters. The first kappa shape index (κ1) is 19.3. The van der Waals surface area contributed by atoms with Crippen molar-refractivity contribution >= 4 is 27.4 Å². The van der Waals surface area contributed by atoms with Crippen LogP contribution in [0.2, 0.25) is 0 Å². The number of fused-ring (bicyclic) bond motifs is 1. The van der Waals surface area contributed by atoms with Crippen LogP contribution in [0.4, 0.5) is 5.82 Å². The molecule has 6 nitrogen and oxygen atoms in total. The number of nitrogens with one attached hydrogen (secondary N) is 1. The van der Waals surface area contributed by atoms with Crippen molar-refractivity contribution in [2.75, 3.05) is 32.6 Å². The monoisotopic (exact) mass is 405 g/mol. The minimum absolute atomic E-state index is 0.393. The average Bonchev–Trinajstić information content (AvgIpc) is 3.17. The minimum atomic E-state index is 0.393. The van der Waals surface area contributed by atoms with Crippen LogP contribution in [-0.4, -0.2) is 47.1 Å². The van der Waals surface area contributed by atoms with Crippen molar-refractivity contribution in [3.8, 4) is 17.1 Å². The van der Waals surface area contributed by atoms with Crippen LogP contribution in [0, 0.1) is 0 Å². The van der Waals surface area contributed by atoms with E-state index in [1.165, 1.54) is 0 Å². The Balaban J connectivity index is 1.70. The Bertz CT molecular complexity index is 1070. The molecule has 3 heterocycles. The maximum absolute atomic E-state index is 5.82. The van der Waals surface area contributed by atoms with Crippen molar-refractivity contribution in [2.45, 2.75) is 6.54 Å². The Labute approximate surface area is 174 Å². The number of thiophene rings is 1. The second-order valence-corrected chi connectivity index (χ2v) is 7.73. The molecule has 4 aromatic rings. The molecule has 0 aliphatic heterocycles. The van der Waals surface area contributed by atoms with Gasteiger partial charge in [0.05, 0.1) is 17.6 Å². The van der Waals surface area contributed by atoms with E-state index in [2.05, 4.69) is 42.7 Å². The number of hydrogen-bond acceptors (Lipinski definition) is 7. The number of benzene rings is 1. The first-order chi connectivity index (χ1) is 14.2. The SMILES string of the molecule is CN(C)CCOc1nc(NCc2ccccn2)c2c(-c3ccccc3)csc2n1. The Kier molecular flexibility index (Phi) is 5.97. The highest BCUT2D eigenvalue weighted by molar-refractivity contribution is 7.17. The quantitative estimate of drug-likeness (QED) is 0.471. The number of aromatic nitrogens is 3. The van der Waals surface area contributed by atoms with E-state index in [1.54, 1.807) is 17.5 Å². The Morgan fingerprint density at radius 3 is 2.62 bits per heavy atom. The van der Waals surface area contributed by atoms with Crippen LogP contribution in [0.15, 0.2) is 60.1 Å². The molecule has 0 aliphatic carbocycles. The van der Waals surface area contributed by atoms with E-state index < -0.39 is 0 Å². The maximum atomic E-state index is 5.82. The molecule has 0 bridgehead atoms. The molecule has 4 rings (SSSR count). The normalized spacial score (nSPS) is 11.1. The lowest BCUT2D eigenvalue weighted by atomic mass is 10.1. The smallest absolute Gasteiger partial charge is 0.319 e. The van der Waals surface area contributed by atoms with Crippen molar-refractivity contribution in [1.82, 2.24) is 19.9 Å². The predicted octanol–water partition coefficient (Wildman–Crippen LogP) is 4.31. The summed E-state index contributed by atoms with van der Waals surface area (Å²) in [5.41, 5.74) is 3.21. The van der Waals surface area contributed by atoms with Crippen molar-refractivity contribution in [3.05, 3.63) is 65.8 Å². The van der Waals surface area contributed by atoms with Gasteiger partial charge >= 0.3 is 6.01 Å². The molecule has 0 radical (unpaired) electrons. The standard InChI is InChI=1S/C22H23N5OS/c1-27(2)12-13-28-22-25-20(24-14-17-10-6-7-11-23-17)19-18(15-29-21(19)26-22)16-8-4-3-5-9-16/h3-11,15H,12-14H2,1-2H3,(H,24,25,26). The molecule has 1 aromatic carbocycles. The molecule has 1 N–H and O–H groups in total. The van der Waals surface area contributed by atoms with Gasteiger partial charge in [0.25, 0.3) is 0 Å². The zero-order chi connectivity index (χ0) is 20.1. The fraction of sp³-hybridized carbons (Fsp3) is 0.227. The third-order valence-electron chi connectivity index (χ3n) is 4.43. The van der Waals surface area contributed by atoms with Crippen molar-refractivity contribution < 1.29 is 4.74 Å². The zero-order valence-corrected chi connectivity index (χ0v) is 17.3. The summed E-state index contributed by atoms with van der Waals surface area (Å²) in [5.74, 6) is 0.764. The number of anilines is 1. The predicted molar refractivity (Wildman–Crippen MR) is 118 cm³/mol. The second kappa shape index (κ2) is 8.98. The topological polar surface area (TPSA) is 63.2 Å². The van der Waals surface area contributed by atoms with E-state index in [1.807, 2.05) is 50.5 Å². The molecular formula is C22H23N5OS. The molecule has 0 saturated heterocycles. The van der Waals surface area contributed by atoms with Gasteiger partial charge in [-0.2, -0.15) is 9.97 Å². The van der Waals surface area contributed by atoms with E-state index in [0.717, 1.165) is 39.4 Å². The molecule has 0 amide bonds. The highest BCUT2D eigenvalue weighted by Crippen LogP contribution is 2.37. The van der Waals surface area contributed by atoms with Crippen LogP contribution in [-0.2, 0) is 6.54 Å². The average molecular weight is 406 g/mol. The lowest BCUT2D eigenvalue weighted by Gasteiger charge is -2.12. The summed E-state index contributed by atoms with van der Waals surface area (Å²) in [4.78, 5) is 16.7. The van der Waals surface area contributed by atoms with Crippen molar-refractivity contribution in [2.24, 2.45) is 0 Å². The summed E-state index contributed by atoms with van der Waals surface area (Å²) in [6.45, 7) is 1.92. The molecule has 0 fully saturated rings. The van der Waals surface area contributed by atoms with Gasteiger partial charge < -0.3 is 15.0 Å². The summed E-state index contributed by atoms with van der Waals surface area (Å²) >= 11 is 1.60. The van der Waals surface area contributed by atoms with Gasteiger partial charge in [0.2, 0.25) is 0 Å². The lowest BCUT2D eigenvalue weighted by Crippen LogP contribution is -2.20.